The lowest BCUT2D eigenvalue weighted by molar-refractivity contribution is 0.0741. The number of pyridine rings is 1. The molecule has 4 nitrogen and oxygen atoms in total. The van der Waals surface area contributed by atoms with Gasteiger partial charge in [0, 0.05) is 25.8 Å². The number of anilines is 1. The van der Waals surface area contributed by atoms with Gasteiger partial charge in [-0.15, -0.1) is 0 Å². The molecule has 1 rings (SSSR count). The quantitative estimate of drug-likeness (QED) is 0.792. The maximum atomic E-state index is 12.7. The second-order valence-electron chi connectivity index (χ2n) is 5.21. The van der Waals surface area contributed by atoms with Crippen LogP contribution < -0.4 is 5.32 Å². The molecule has 0 aliphatic carbocycles. The first-order valence-electron chi connectivity index (χ1n) is 7.61. The maximum Gasteiger partial charge on any atom is 0.256 e. The van der Waals surface area contributed by atoms with Crippen LogP contribution in [0.4, 0.5) is 5.69 Å². The van der Waals surface area contributed by atoms with Crippen LogP contribution in [0.1, 0.15) is 50.9 Å². The Bertz CT molecular complexity index is 420. The number of carbonyl (C=O) groups is 1. The van der Waals surface area contributed by atoms with E-state index in [-0.39, 0.29) is 5.91 Å². The van der Waals surface area contributed by atoms with Crippen LogP contribution in [0.2, 0.25) is 0 Å². The summed E-state index contributed by atoms with van der Waals surface area (Å²) in [5.41, 5.74) is 1.56. The van der Waals surface area contributed by atoms with Gasteiger partial charge in [-0.25, -0.2) is 0 Å². The Morgan fingerprint density at radius 1 is 1.40 bits per heavy atom. The van der Waals surface area contributed by atoms with Gasteiger partial charge in [-0.05, 0) is 25.3 Å². The molecule has 112 valence electrons. The molecule has 1 aromatic rings. The third kappa shape index (κ3) is 4.51. The number of rotatable bonds is 8. The van der Waals surface area contributed by atoms with Crippen molar-refractivity contribution in [2.45, 2.75) is 40.5 Å². The second-order valence-corrected chi connectivity index (χ2v) is 5.21. The third-order valence-electron chi connectivity index (χ3n) is 3.51. The second kappa shape index (κ2) is 8.56. The summed E-state index contributed by atoms with van der Waals surface area (Å²) in [6.07, 6.45) is 5.52. The van der Waals surface area contributed by atoms with Crippen LogP contribution in [0, 0.1) is 5.92 Å². The molecule has 1 aromatic heterocycles. The fourth-order valence-electron chi connectivity index (χ4n) is 2.01. The fraction of sp³-hybridized carbons (Fsp3) is 0.625. The van der Waals surface area contributed by atoms with E-state index >= 15 is 0 Å². The number of hydrogen-bond donors (Lipinski definition) is 1. The summed E-state index contributed by atoms with van der Waals surface area (Å²) < 4.78 is 0. The number of hydrogen-bond acceptors (Lipinski definition) is 3. The van der Waals surface area contributed by atoms with Crippen LogP contribution >= 0.6 is 0 Å². The highest BCUT2D eigenvalue weighted by Crippen LogP contribution is 2.17. The molecule has 0 bridgehead atoms. The lowest BCUT2D eigenvalue weighted by atomic mass is 10.1. The summed E-state index contributed by atoms with van der Waals surface area (Å²) in [7, 11) is 0. The first kappa shape index (κ1) is 16.5. The van der Waals surface area contributed by atoms with Crippen molar-refractivity contribution in [3.63, 3.8) is 0 Å². The summed E-state index contributed by atoms with van der Waals surface area (Å²) in [6, 6.07) is 1.81. The van der Waals surface area contributed by atoms with Gasteiger partial charge >= 0.3 is 0 Å². The first-order chi connectivity index (χ1) is 9.63. The van der Waals surface area contributed by atoms with Crippen molar-refractivity contribution in [1.82, 2.24) is 9.88 Å². The van der Waals surface area contributed by atoms with Gasteiger partial charge in [0.2, 0.25) is 0 Å². The van der Waals surface area contributed by atoms with E-state index in [0.29, 0.717) is 5.92 Å². The van der Waals surface area contributed by atoms with Gasteiger partial charge < -0.3 is 10.2 Å². The molecule has 1 unspecified atom stereocenters. The predicted octanol–water partition coefficient (Wildman–Crippen LogP) is 3.41. The highest BCUT2D eigenvalue weighted by Gasteiger charge is 2.19. The van der Waals surface area contributed by atoms with E-state index in [1.54, 1.807) is 18.5 Å². The zero-order chi connectivity index (χ0) is 15.0. The molecule has 0 aliphatic heterocycles. The Labute approximate surface area is 122 Å². The Kier molecular flexibility index (Phi) is 7.05. The minimum absolute atomic E-state index is 0.0915. The fourth-order valence-corrected chi connectivity index (χ4v) is 2.01. The van der Waals surface area contributed by atoms with E-state index in [4.69, 9.17) is 0 Å². The van der Waals surface area contributed by atoms with Crippen LogP contribution in [0.5, 0.6) is 0 Å². The van der Waals surface area contributed by atoms with Gasteiger partial charge in [-0.2, -0.15) is 0 Å². The molecule has 0 radical (unpaired) electrons. The van der Waals surface area contributed by atoms with E-state index < -0.39 is 0 Å². The minimum Gasteiger partial charge on any atom is -0.383 e. The molecule has 1 N–H and O–H groups in total. The molecule has 1 amide bonds. The number of nitrogens with zero attached hydrogens (tertiary/aromatic N) is 2. The van der Waals surface area contributed by atoms with Crippen molar-refractivity contribution in [2.75, 3.05) is 25.0 Å². The first-order valence-corrected chi connectivity index (χ1v) is 7.61. The normalized spacial score (nSPS) is 12.0. The van der Waals surface area contributed by atoms with Crippen molar-refractivity contribution in [1.29, 1.82) is 0 Å². The summed E-state index contributed by atoms with van der Waals surface area (Å²) in [4.78, 5) is 18.7. The standard InChI is InChI=1S/C16H27N3O/c1-5-9-18-15-11-17-10-8-14(15)16(20)19(7-3)12-13(4)6-2/h8,10-11,13,18H,5-7,9,12H2,1-4H3. The molecule has 1 heterocycles. The van der Waals surface area contributed by atoms with Gasteiger partial charge in [-0.1, -0.05) is 27.2 Å². The van der Waals surface area contributed by atoms with Crippen molar-refractivity contribution in [3.8, 4) is 0 Å². The summed E-state index contributed by atoms with van der Waals surface area (Å²) in [6.45, 7) is 10.9. The summed E-state index contributed by atoms with van der Waals surface area (Å²) in [5, 5.41) is 3.28. The molecule has 0 fully saturated rings. The molecule has 0 saturated carbocycles. The lowest BCUT2D eigenvalue weighted by Crippen LogP contribution is -2.35. The molecule has 0 spiro atoms. The van der Waals surface area contributed by atoms with E-state index in [1.165, 1.54) is 0 Å². The van der Waals surface area contributed by atoms with Gasteiger partial charge in [-0.3, -0.25) is 9.78 Å². The van der Waals surface area contributed by atoms with Crippen molar-refractivity contribution in [2.24, 2.45) is 5.92 Å². The Hall–Kier alpha value is -1.58. The van der Waals surface area contributed by atoms with E-state index in [9.17, 15) is 4.79 Å². The number of amides is 1. The van der Waals surface area contributed by atoms with Crippen LogP contribution in [-0.4, -0.2) is 35.4 Å². The van der Waals surface area contributed by atoms with Gasteiger partial charge in [0.1, 0.15) is 0 Å². The third-order valence-corrected chi connectivity index (χ3v) is 3.51. The molecule has 0 aliphatic rings. The minimum atomic E-state index is 0.0915. The van der Waals surface area contributed by atoms with Crippen LogP contribution in [0.15, 0.2) is 18.5 Å². The van der Waals surface area contributed by atoms with E-state index in [0.717, 1.165) is 43.7 Å². The molecular weight excluding hydrogens is 250 g/mol. The highest BCUT2D eigenvalue weighted by molar-refractivity contribution is 5.99. The van der Waals surface area contributed by atoms with Crippen LogP contribution in [0.3, 0.4) is 0 Å². The Morgan fingerprint density at radius 2 is 2.15 bits per heavy atom. The predicted molar refractivity (Wildman–Crippen MR) is 84.1 cm³/mol. The molecule has 20 heavy (non-hydrogen) atoms. The van der Waals surface area contributed by atoms with Gasteiger partial charge in [0.25, 0.3) is 5.91 Å². The summed E-state index contributed by atoms with van der Waals surface area (Å²) >= 11 is 0. The van der Waals surface area contributed by atoms with Crippen LogP contribution in [-0.2, 0) is 0 Å². The zero-order valence-electron chi connectivity index (χ0n) is 13.1. The maximum absolute atomic E-state index is 12.7. The molecule has 4 heteroatoms. The van der Waals surface area contributed by atoms with E-state index in [1.807, 2.05) is 11.8 Å². The Morgan fingerprint density at radius 3 is 2.75 bits per heavy atom. The number of nitrogens with one attached hydrogen (secondary N) is 1. The molecule has 0 saturated heterocycles. The van der Waals surface area contributed by atoms with Crippen molar-refractivity contribution in [3.05, 3.63) is 24.0 Å². The van der Waals surface area contributed by atoms with Gasteiger partial charge in [0.15, 0.2) is 0 Å². The number of aromatic nitrogens is 1. The number of carbonyl (C=O) groups excluding carboxylic acids is 1. The molecule has 1 atom stereocenters. The summed E-state index contributed by atoms with van der Waals surface area (Å²) in [5.74, 6) is 0.613. The monoisotopic (exact) mass is 277 g/mol. The van der Waals surface area contributed by atoms with E-state index in [2.05, 4.69) is 31.1 Å². The van der Waals surface area contributed by atoms with Crippen molar-refractivity contribution < 1.29 is 4.79 Å². The lowest BCUT2D eigenvalue weighted by Gasteiger charge is -2.25. The zero-order valence-corrected chi connectivity index (χ0v) is 13.1. The molecule has 0 aromatic carbocycles. The molecular formula is C16H27N3O. The van der Waals surface area contributed by atoms with Crippen LogP contribution in [0.25, 0.3) is 0 Å². The Balaban J connectivity index is 2.88. The largest absolute Gasteiger partial charge is 0.383 e. The highest BCUT2D eigenvalue weighted by atomic mass is 16.2. The SMILES string of the molecule is CCCNc1cnccc1C(=O)N(CC)CC(C)CC. The average Bonchev–Trinajstić information content (AvgIpc) is 2.49. The van der Waals surface area contributed by atoms with Crippen molar-refractivity contribution >= 4 is 11.6 Å². The smallest absolute Gasteiger partial charge is 0.256 e. The average molecular weight is 277 g/mol. The topological polar surface area (TPSA) is 45.2 Å². The van der Waals surface area contributed by atoms with Gasteiger partial charge in [0.05, 0.1) is 17.4 Å².